The number of nitrogens with one attached hydrogen (secondary N) is 1. The molecule has 0 fully saturated rings. The van der Waals surface area contributed by atoms with Gasteiger partial charge in [0.1, 0.15) is 11.5 Å². The molecule has 3 rings (SSSR count). The zero-order valence-electron chi connectivity index (χ0n) is 11.3. The van der Waals surface area contributed by atoms with E-state index in [-0.39, 0.29) is 5.91 Å². The van der Waals surface area contributed by atoms with Crippen molar-refractivity contribution in [3.63, 3.8) is 0 Å². The van der Waals surface area contributed by atoms with E-state index in [1.807, 2.05) is 43.3 Å². The summed E-state index contributed by atoms with van der Waals surface area (Å²) in [6.45, 7) is 1.89. The van der Waals surface area contributed by atoms with Crippen LogP contribution >= 0.6 is 15.9 Å². The smallest absolute Gasteiger partial charge is 0.275 e. The standard InChI is InChI=1S/C16H12BrN3O/c1-10-8-12(17)9-18-15(10)20-16(21)14-7-6-11-4-2-3-5-13(11)19-14/h2-9H,1H3,(H,18,20,21). The molecule has 1 N–H and O–H groups in total. The number of halogens is 1. The first kappa shape index (κ1) is 13.7. The number of para-hydroxylation sites is 1. The number of anilines is 1. The molecule has 0 unspecified atom stereocenters. The van der Waals surface area contributed by atoms with Crippen LogP contribution in [0.25, 0.3) is 10.9 Å². The van der Waals surface area contributed by atoms with Crippen LogP contribution in [0.4, 0.5) is 5.82 Å². The van der Waals surface area contributed by atoms with E-state index in [4.69, 9.17) is 0 Å². The van der Waals surface area contributed by atoms with E-state index in [0.717, 1.165) is 20.9 Å². The van der Waals surface area contributed by atoms with Gasteiger partial charge in [0.2, 0.25) is 0 Å². The van der Waals surface area contributed by atoms with Gasteiger partial charge in [-0.2, -0.15) is 0 Å². The number of pyridine rings is 2. The fourth-order valence-electron chi connectivity index (χ4n) is 2.04. The van der Waals surface area contributed by atoms with Gasteiger partial charge in [0.15, 0.2) is 0 Å². The number of aromatic nitrogens is 2. The minimum Gasteiger partial charge on any atom is -0.305 e. The molecule has 0 atom stereocenters. The topological polar surface area (TPSA) is 54.9 Å². The van der Waals surface area contributed by atoms with Crippen LogP contribution in [-0.4, -0.2) is 15.9 Å². The summed E-state index contributed by atoms with van der Waals surface area (Å²) in [6, 6.07) is 13.2. The van der Waals surface area contributed by atoms with Gasteiger partial charge in [0.05, 0.1) is 5.52 Å². The Morgan fingerprint density at radius 1 is 1.19 bits per heavy atom. The van der Waals surface area contributed by atoms with Gasteiger partial charge in [-0.3, -0.25) is 4.79 Å². The molecule has 5 heteroatoms. The Hall–Kier alpha value is -2.27. The lowest BCUT2D eigenvalue weighted by Gasteiger charge is -2.07. The second kappa shape index (κ2) is 5.61. The van der Waals surface area contributed by atoms with Crippen LogP contribution in [0.1, 0.15) is 16.1 Å². The first-order valence-corrected chi connectivity index (χ1v) is 7.22. The number of carbonyl (C=O) groups is 1. The Labute approximate surface area is 130 Å². The summed E-state index contributed by atoms with van der Waals surface area (Å²) in [6.07, 6.45) is 1.65. The molecular weight excluding hydrogens is 330 g/mol. The molecular formula is C16H12BrN3O. The highest BCUT2D eigenvalue weighted by atomic mass is 79.9. The van der Waals surface area contributed by atoms with E-state index in [2.05, 4.69) is 31.2 Å². The minimum absolute atomic E-state index is 0.265. The molecule has 0 bridgehead atoms. The molecule has 2 heterocycles. The summed E-state index contributed by atoms with van der Waals surface area (Å²) < 4.78 is 0.877. The van der Waals surface area contributed by atoms with Crippen LogP contribution in [0.15, 0.2) is 53.1 Å². The molecule has 3 aromatic rings. The van der Waals surface area contributed by atoms with Crippen molar-refractivity contribution >= 4 is 38.6 Å². The maximum atomic E-state index is 12.3. The van der Waals surface area contributed by atoms with Crippen molar-refractivity contribution in [1.29, 1.82) is 0 Å². The van der Waals surface area contributed by atoms with Crippen molar-refractivity contribution in [3.05, 3.63) is 64.4 Å². The lowest BCUT2D eigenvalue weighted by molar-refractivity contribution is 0.102. The Morgan fingerprint density at radius 3 is 2.81 bits per heavy atom. The fourth-order valence-corrected chi connectivity index (χ4v) is 2.48. The van der Waals surface area contributed by atoms with Crippen LogP contribution in [0.3, 0.4) is 0 Å². The zero-order chi connectivity index (χ0) is 14.8. The first-order valence-electron chi connectivity index (χ1n) is 6.43. The van der Waals surface area contributed by atoms with Crippen molar-refractivity contribution in [3.8, 4) is 0 Å². The van der Waals surface area contributed by atoms with E-state index in [0.29, 0.717) is 11.5 Å². The summed E-state index contributed by atoms with van der Waals surface area (Å²) >= 11 is 3.35. The van der Waals surface area contributed by atoms with E-state index < -0.39 is 0 Å². The van der Waals surface area contributed by atoms with Gasteiger partial charge >= 0.3 is 0 Å². The molecule has 104 valence electrons. The van der Waals surface area contributed by atoms with Crippen molar-refractivity contribution in [2.45, 2.75) is 6.92 Å². The normalized spacial score (nSPS) is 10.6. The molecule has 1 aromatic carbocycles. The maximum absolute atomic E-state index is 12.3. The molecule has 0 aliphatic carbocycles. The van der Waals surface area contributed by atoms with Crippen LogP contribution in [0.2, 0.25) is 0 Å². The minimum atomic E-state index is -0.265. The summed E-state index contributed by atoms with van der Waals surface area (Å²) in [4.78, 5) is 20.8. The van der Waals surface area contributed by atoms with E-state index in [1.54, 1.807) is 12.3 Å². The molecule has 0 saturated heterocycles. The number of carbonyl (C=O) groups excluding carboxylic acids is 1. The average Bonchev–Trinajstić information content (AvgIpc) is 2.49. The predicted octanol–water partition coefficient (Wildman–Crippen LogP) is 3.95. The highest BCUT2D eigenvalue weighted by molar-refractivity contribution is 9.10. The maximum Gasteiger partial charge on any atom is 0.275 e. The van der Waals surface area contributed by atoms with Gasteiger partial charge in [-0.25, -0.2) is 9.97 Å². The highest BCUT2D eigenvalue weighted by Gasteiger charge is 2.11. The molecule has 0 aliphatic heterocycles. The molecule has 0 aliphatic rings. The quantitative estimate of drug-likeness (QED) is 0.767. The monoisotopic (exact) mass is 341 g/mol. The van der Waals surface area contributed by atoms with Gasteiger partial charge in [-0.1, -0.05) is 24.3 Å². The van der Waals surface area contributed by atoms with Crippen LogP contribution in [0.5, 0.6) is 0 Å². The van der Waals surface area contributed by atoms with Crippen molar-refractivity contribution in [2.75, 3.05) is 5.32 Å². The molecule has 1 amide bonds. The third-order valence-electron chi connectivity index (χ3n) is 3.11. The Morgan fingerprint density at radius 2 is 2.00 bits per heavy atom. The summed E-state index contributed by atoms with van der Waals surface area (Å²) in [5.74, 6) is 0.275. The second-order valence-corrected chi connectivity index (χ2v) is 5.58. The van der Waals surface area contributed by atoms with Crippen LogP contribution < -0.4 is 5.32 Å². The molecule has 2 aromatic heterocycles. The summed E-state index contributed by atoms with van der Waals surface area (Å²) in [7, 11) is 0. The summed E-state index contributed by atoms with van der Waals surface area (Å²) in [5, 5.41) is 3.79. The fraction of sp³-hybridized carbons (Fsp3) is 0.0625. The van der Waals surface area contributed by atoms with Crippen molar-refractivity contribution < 1.29 is 4.79 Å². The first-order chi connectivity index (χ1) is 10.1. The highest BCUT2D eigenvalue weighted by Crippen LogP contribution is 2.18. The number of rotatable bonds is 2. The van der Waals surface area contributed by atoms with Gasteiger partial charge < -0.3 is 5.32 Å². The number of hydrogen-bond donors (Lipinski definition) is 1. The molecule has 0 radical (unpaired) electrons. The Balaban J connectivity index is 1.89. The molecule has 0 saturated carbocycles. The number of hydrogen-bond acceptors (Lipinski definition) is 3. The lowest BCUT2D eigenvalue weighted by Crippen LogP contribution is -2.15. The number of aryl methyl sites for hydroxylation is 1. The average molecular weight is 342 g/mol. The number of nitrogens with zero attached hydrogens (tertiary/aromatic N) is 2. The Bertz CT molecular complexity index is 833. The van der Waals surface area contributed by atoms with E-state index in [1.165, 1.54) is 0 Å². The van der Waals surface area contributed by atoms with Crippen molar-refractivity contribution in [1.82, 2.24) is 9.97 Å². The largest absolute Gasteiger partial charge is 0.305 e. The van der Waals surface area contributed by atoms with Crippen molar-refractivity contribution in [2.24, 2.45) is 0 Å². The zero-order valence-corrected chi connectivity index (χ0v) is 12.9. The summed E-state index contributed by atoms with van der Waals surface area (Å²) in [5.41, 5.74) is 2.06. The van der Waals surface area contributed by atoms with Gasteiger partial charge in [-0.05, 0) is 46.6 Å². The number of benzene rings is 1. The predicted molar refractivity (Wildman–Crippen MR) is 86.4 cm³/mol. The van der Waals surface area contributed by atoms with Gasteiger partial charge in [0, 0.05) is 16.1 Å². The second-order valence-electron chi connectivity index (χ2n) is 4.66. The number of fused-ring (bicyclic) bond motifs is 1. The van der Waals surface area contributed by atoms with Crippen LogP contribution in [-0.2, 0) is 0 Å². The van der Waals surface area contributed by atoms with E-state index in [9.17, 15) is 4.79 Å². The number of amides is 1. The molecule has 4 nitrogen and oxygen atoms in total. The van der Waals surface area contributed by atoms with Crippen LogP contribution in [0, 0.1) is 6.92 Å². The molecule has 0 spiro atoms. The third kappa shape index (κ3) is 2.92. The van der Waals surface area contributed by atoms with E-state index >= 15 is 0 Å². The third-order valence-corrected chi connectivity index (χ3v) is 3.54. The Kier molecular flexibility index (Phi) is 3.66. The van der Waals surface area contributed by atoms with Gasteiger partial charge in [0.25, 0.3) is 5.91 Å². The lowest BCUT2D eigenvalue weighted by atomic mass is 10.2. The van der Waals surface area contributed by atoms with Gasteiger partial charge in [-0.15, -0.1) is 0 Å². The SMILES string of the molecule is Cc1cc(Br)cnc1NC(=O)c1ccc2ccccc2n1. The molecule has 21 heavy (non-hydrogen) atoms.